The van der Waals surface area contributed by atoms with Crippen molar-refractivity contribution in [2.24, 2.45) is 0 Å². The van der Waals surface area contributed by atoms with Gasteiger partial charge in [-0.2, -0.15) is 0 Å². The largest absolute Gasteiger partial charge is 1.00 e. The number of hydrogen-bond acceptors (Lipinski definition) is 3. The standard InChI is InChI=1S/C18H14F2N2O2.ClH/c19-13-6-7-16(17(20)10-13)18(23)22(12-15-5-3-9-24-15)11-14-4-1-2-8-21-14;/h1-10H,11-12H2;1H/p-1. The summed E-state index contributed by atoms with van der Waals surface area (Å²) in [4.78, 5) is 18.3. The van der Waals surface area contributed by atoms with Crippen molar-refractivity contribution < 1.29 is 30.4 Å². The van der Waals surface area contributed by atoms with Crippen LogP contribution >= 0.6 is 0 Å². The van der Waals surface area contributed by atoms with Crippen LogP contribution in [0.15, 0.2) is 65.4 Å². The topological polar surface area (TPSA) is 46.3 Å². The SMILES string of the molecule is O=C(c1ccc(F)cc1F)N(Cc1ccccn1)Cc1ccco1.[Cl-]. The van der Waals surface area contributed by atoms with Gasteiger partial charge in [0.05, 0.1) is 30.6 Å². The first kappa shape index (κ1) is 18.6. The number of halogens is 3. The zero-order chi connectivity index (χ0) is 16.9. The summed E-state index contributed by atoms with van der Waals surface area (Å²) in [6.07, 6.45) is 3.11. The maximum Gasteiger partial charge on any atom is 0.257 e. The summed E-state index contributed by atoms with van der Waals surface area (Å²) >= 11 is 0. The molecule has 1 aromatic carbocycles. The van der Waals surface area contributed by atoms with Crippen LogP contribution < -0.4 is 12.4 Å². The summed E-state index contributed by atoms with van der Waals surface area (Å²) in [6.45, 7) is 0.330. The lowest BCUT2D eigenvalue weighted by Crippen LogP contribution is -3.00. The fourth-order valence-electron chi connectivity index (χ4n) is 2.31. The third-order valence-electron chi connectivity index (χ3n) is 3.45. The molecule has 4 nitrogen and oxygen atoms in total. The van der Waals surface area contributed by atoms with Crippen LogP contribution in [0.25, 0.3) is 0 Å². The Hall–Kier alpha value is -2.73. The second kappa shape index (κ2) is 8.39. The van der Waals surface area contributed by atoms with Crippen LogP contribution in [0.3, 0.4) is 0 Å². The number of aromatic nitrogens is 1. The fourth-order valence-corrected chi connectivity index (χ4v) is 2.31. The van der Waals surface area contributed by atoms with Crippen molar-refractivity contribution in [2.75, 3.05) is 0 Å². The molecule has 1 amide bonds. The van der Waals surface area contributed by atoms with Gasteiger partial charge < -0.3 is 21.7 Å². The maximum atomic E-state index is 14.0. The molecule has 0 bridgehead atoms. The molecule has 3 aromatic rings. The molecular formula is C18H14ClF2N2O2-. The van der Waals surface area contributed by atoms with Crippen LogP contribution in [-0.4, -0.2) is 15.8 Å². The molecule has 0 unspecified atom stereocenters. The van der Waals surface area contributed by atoms with Crippen LogP contribution in [0.4, 0.5) is 8.78 Å². The molecule has 0 aliphatic heterocycles. The van der Waals surface area contributed by atoms with Gasteiger partial charge in [-0.1, -0.05) is 6.07 Å². The Labute approximate surface area is 149 Å². The molecule has 0 saturated heterocycles. The second-order valence-electron chi connectivity index (χ2n) is 5.19. The molecule has 2 heterocycles. The molecule has 0 N–H and O–H groups in total. The van der Waals surface area contributed by atoms with E-state index in [0.717, 1.165) is 12.1 Å². The van der Waals surface area contributed by atoms with Crippen molar-refractivity contribution in [3.8, 4) is 0 Å². The Bertz CT molecular complexity index is 826. The Morgan fingerprint density at radius 1 is 1.08 bits per heavy atom. The molecule has 7 heteroatoms. The quantitative estimate of drug-likeness (QED) is 0.673. The van der Waals surface area contributed by atoms with Gasteiger partial charge in [0.25, 0.3) is 5.91 Å². The van der Waals surface area contributed by atoms with Crippen LogP contribution in [-0.2, 0) is 13.1 Å². The van der Waals surface area contributed by atoms with Crippen molar-refractivity contribution >= 4 is 5.91 Å². The lowest BCUT2D eigenvalue weighted by molar-refractivity contribution is -0.0000161. The van der Waals surface area contributed by atoms with Crippen LogP contribution in [0, 0.1) is 11.6 Å². The minimum absolute atomic E-state index is 0. The molecule has 2 aromatic heterocycles. The smallest absolute Gasteiger partial charge is 0.257 e. The molecule has 3 rings (SSSR count). The minimum Gasteiger partial charge on any atom is -1.00 e. The molecule has 0 atom stereocenters. The van der Waals surface area contributed by atoms with Crippen molar-refractivity contribution in [3.05, 3.63) is 89.6 Å². The predicted octanol–water partition coefficient (Wildman–Crippen LogP) is 0.799. The van der Waals surface area contributed by atoms with E-state index in [2.05, 4.69) is 4.98 Å². The average Bonchev–Trinajstić information content (AvgIpc) is 3.08. The van der Waals surface area contributed by atoms with Gasteiger partial charge >= 0.3 is 0 Å². The molecule has 0 fully saturated rings. The van der Waals surface area contributed by atoms with Crippen LogP contribution in [0.5, 0.6) is 0 Å². The van der Waals surface area contributed by atoms with Crippen LogP contribution in [0.2, 0.25) is 0 Å². The Morgan fingerprint density at radius 2 is 1.92 bits per heavy atom. The molecule has 0 aliphatic carbocycles. The third-order valence-corrected chi connectivity index (χ3v) is 3.45. The summed E-state index contributed by atoms with van der Waals surface area (Å²) in [5, 5.41) is 0. The van der Waals surface area contributed by atoms with Crippen molar-refractivity contribution in [2.45, 2.75) is 13.1 Å². The van der Waals surface area contributed by atoms with Crippen molar-refractivity contribution in [1.29, 1.82) is 0 Å². The monoisotopic (exact) mass is 363 g/mol. The summed E-state index contributed by atoms with van der Waals surface area (Å²) in [5.74, 6) is -1.63. The molecule has 0 aliphatic rings. The van der Waals surface area contributed by atoms with Gasteiger partial charge in [0.2, 0.25) is 0 Å². The third kappa shape index (κ3) is 4.64. The number of pyridine rings is 1. The Balaban J connectivity index is 0.00000225. The highest BCUT2D eigenvalue weighted by Crippen LogP contribution is 2.17. The number of carbonyl (C=O) groups is 1. The highest BCUT2D eigenvalue weighted by atomic mass is 35.5. The number of furan rings is 1. The minimum atomic E-state index is -0.898. The molecule has 0 spiro atoms. The lowest BCUT2D eigenvalue weighted by atomic mass is 10.1. The average molecular weight is 364 g/mol. The van der Waals surface area contributed by atoms with Crippen LogP contribution in [0.1, 0.15) is 21.8 Å². The summed E-state index contributed by atoms with van der Waals surface area (Å²) < 4.78 is 32.3. The van der Waals surface area contributed by atoms with Gasteiger partial charge in [-0.3, -0.25) is 9.78 Å². The first-order valence-electron chi connectivity index (χ1n) is 7.30. The number of rotatable bonds is 5. The molecule has 0 saturated carbocycles. The molecule has 25 heavy (non-hydrogen) atoms. The number of amides is 1. The highest BCUT2D eigenvalue weighted by molar-refractivity contribution is 5.94. The van der Waals surface area contributed by atoms with E-state index < -0.39 is 17.5 Å². The number of hydrogen-bond donors (Lipinski definition) is 0. The highest BCUT2D eigenvalue weighted by Gasteiger charge is 2.21. The Kier molecular flexibility index (Phi) is 6.25. The number of benzene rings is 1. The van der Waals surface area contributed by atoms with Gasteiger partial charge in [0.1, 0.15) is 17.4 Å². The van der Waals surface area contributed by atoms with E-state index in [0.29, 0.717) is 17.5 Å². The van der Waals surface area contributed by atoms with E-state index >= 15 is 0 Å². The van der Waals surface area contributed by atoms with Crippen molar-refractivity contribution in [1.82, 2.24) is 9.88 Å². The first-order valence-corrected chi connectivity index (χ1v) is 7.30. The maximum absolute atomic E-state index is 14.0. The Morgan fingerprint density at radius 3 is 2.56 bits per heavy atom. The lowest BCUT2D eigenvalue weighted by Gasteiger charge is -2.21. The van der Waals surface area contributed by atoms with E-state index in [1.807, 2.05) is 0 Å². The van der Waals surface area contributed by atoms with Gasteiger partial charge in [-0.15, -0.1) is 0 Å². The second-order valence-corrected chi connectivity index (χ2v) is 5.19. The first-order chi connectivity index (χ1) is 11.6. The normalized spacial score (nSPS) is 10.2. The van der Waals surface area contributed by atoms with Crippen molar-refractivity contribution in [3.63, 3.8) is 0 Å². The van der Waals surface area contributed by atoms with Gasteiger partial charge in [-0.05, 0) is 36.4 Å². The van der Waals surface area contributed by atoms with Gasteiger partial charge in [0, 0.05) is 12.3 Å². The number of carbonyl (C=O) groups excluding carboxylic acids is 1. The van der Waals surface area contributed by atoms with E-state index in [1.165, 1.54) is 11.2 Å². The summed E-state index contributed by atoms with van der Waals surface area (Å²) in [5.41, 5.74) is 0.457. The van der Waals surface area contributed by atoms with Gasteiger partial charge in [0.15, 0.2) is 0 Å². The molecule has 0 radical (unpaired) electrons. The summed E-state index contributed by atoms with van der Waals surface area (Å²) in [6, 6.07) is 11.7. The van der Waals surface area contributed by atoms with Gasteiger partial charge in [-0.25, -0.2) is 8.78 Å². The van der Waals surface area contributed by atoms with E-state index in [9.17, 15) is 13.6 Å². The summed E-state index contributed by atoms with van der Waals surface area (Å²) in [7, 11) is 0. The van der Waals surface area contributed by atoms with E-state index in [4.69, 9.17) is 4.42 Å². The zero-order valence-electron chi connectivity index (χ0n) is 13.0. The zero-order valence-corrected chi connectivity index (χ0v) is 13.8. The fraction of sp³-hybridized carbons (Fsp3) is 0.111. The predicted molar refractivity (Wildman–Crippen MR) is 82.9 cm³/mol. The van der Waals surface area contributed by atoms with E-state index in [-0.39, 0.29) is 31.1 Å². The molecular weight excluding hydrogens is 350 g/mol. The number of nitrogens with zero attached hydrogens (tertiary/aromatic N) is 2. The van der Waals surface area contributed by atoms with E-state index in [1.54, 1.807) is 36.5 Å². The molecule has 130 valence electrons.